The number of aliphatic hydroxyl groups is 1. The molecule has 0 aliphatic carbocycles. The predicted molar refractivity (Wildman–Crippen MR) is 66.3 cm³/mol. The van der Waals surface area contributed by atoms with Gasteiger partial charge in [0.15, 0.2) is 11.5 Å². The van der Waals surface area contributed by atoms with Gasteiger partial charge in [-0.3, -0.25) is 4.79 Å². The highest BCUT2D eigenvalue weighted by molar-refractivity contribution is 7.13. The van der Waals surface area contributed by atoms with Crippen molar-refractivity contribution in [3.8, 4) is 10.6 Å². The van der Waals surface area contributed by atoms with Gasteiger partial charge in [0, 0.05) is 19.2 Å². The Morgan fingerprint density at radius 3 is 3.17 bits per heavy atom. The number of aromatic nitrogens is 1. The zero-order chi connectivity index (χ0) is 12.5. The first-order chi connectivity index (χ1) is 8.74. The van der Waals surface area contributed by atoms with E-state index in [-0.39, 0.29) is 5.91 Å². The minimum absolute atomic E-state index is 0.182. The third kappa shape index (κ3) is 2.04. The molecule has 1 aliphatic rings. The standard InChI is InChI=1S/C12H12N2O3S/c15-8-3-4-14(7-8)12(16)9-6-10(17-13-9)11-2-1-5-18-11/h1-2,5-6,8,15H,3-4,7H2/t8-/m0/s1. The molecule has 2 aromatic rings. The number of carbonyl (C=O) groups is 1. The van der Waals surface area contributed by atoms with Gasteiger partial charge in [0.1, 0.15) is 0 Å². The van der Waals surface area contributed by atoms with E-state index in [9.17, 15) is 9.90 Å². The van der Waals surface area contributed by atoms with E-state index in [2.05, 4.69) is 5.16 Å². The van der Waals surface area contributed by atoms with Crippen LogP contribution in [0.1, 0.15) is 16.9 Å². The predicted octanol–water partition coefficient (Wildman–Crippen LogP) is 1.61. The molecule has 1 saturated heterocycles. The first-order valence-electron chi connectivity index (χ1n) is 5.72. The minimum atomic E-state index is -0.419. The van der Waals surface area contributed by atoms with Crippen LogP contribution in [0.4, 0.5) is 0 Å². The first kappa shape index (κ1) is 11.4. The minimum Gasteiger partial charge on any atom is -0.391 e. The molecule has 3 rings (SSSR count). The molecular weight excluding hydrogens is 252 g/mol. The topological polar surface area (TPSA) is 66.6 Å². The van der Waals surface area contributed by atoms with Crippen LogP contribution in [0, 0.1) is 0 Å². The van der Waals surface area contributed by atoms with Crippen molar-refractivity contribution in [2.75, 3.05) is 13.1 Å². The summed E-state index contributed by atoms with van der Waals surface area (Å²) in [5, 5.41) is 15.2. The number of nitrogens with zero attached hydrogens (tertiary/aromatic N) is 2. The Morgan fingerprint density at radius 1 is 1.61 bits per heavy atom. The lowest BCUT2D eigenvalue weighted by molar-refractivity contribution is 0.0755. The normalized spacial score (nSPS) is 19.4. The quantitative estimate of drug-likeness (QED) is 0.895. The Balaban J connectivity index is 1.79. The third-order valence-electron chi connectivity index (χ3n) is 2.94. The van der Waals surface area contributed by atoms with Gasteiger partial charge in [-0.05, 0) is 17.9 Å². The van der Waals surface area contributed by atoms with Crippen LogP contribution in [0.25, 0.3) is 10.6 Å². The van der Waals surface area contributed by atoms with Gasteiger partial charge < -0.3 is 14.5 Å². The van der Waals surface area contributed by atoms with Crippen LogP contribution >= 0.6 is 11.3 Å². The fourth-order valence-corrected chi connectivity index (χ4v) is 2.67. The molecule has 18 heavy (non-hydrogen) atoms. The van der Waals surface area contributed by atoms with Crippen molar-refractivity contribution >= 4 is 17.2 Å². The summed E-state index contributed by atoms with van der Waals surface area (Å²) in [4.78, 5) is 14.6. The molecule has 94 valence electrons. The van der Waals surface area contributed by atoms with E-state index in [0.717, 1.165) is 4.88 Å². The average molecular weight is 264 g/mol. The van der Waals surface area contributed by atoms with Crippen LogP contribution in [0.5, 0.6) is 0 Å². The summed E-state index contributed by atoms with van der Waals surface area (Å²) in [5.74, 6) is 0.422. The van der Waals surface area contributed by atoms with Gasteiger partial charge in [-0.25, -0.2) is 0 Å². The molecule has 0 aromatic carbocycles. The number of hydrogen-bond acceptors (Lipinski definition) is 5. The number of rotatable bonds is 2. The Bertz CT molecular complexity index is 549. The molecule has 5 nitrogen and oxygen atoms in total. The molecule has 0 radical (unpaired) electrons. The van der Waals surface area contributed by atoms with E-state index >= 15 is 0 Å². The van der Waals surface area contributed by atoms with Crippen LogP contribution in [0.3, 0.4) is 0 Å². The molecule has 1 amide bonds. The van der Waals surface area contributed by atoms with Crippen LogP contribution in [-0.4, -0.2) is 40.3 Å². The van der Waals surface area contributed by atoms with Gasteiger partial charge in [-0.15, -0.1) is 11.3 Å². The summed E-state index contributed by atoms with van der Waals surface area (Å²) in [5.41, 5.74) is 0.299. The number of carbonyl (C=O) groups excluding carboxylic acids is 1. The average Bonchev–Trinajstić information content (AvgIpc) is 3.09. The van der Waals surface area contributed by atoms with E-state index in [1.165, 1.54) is 11.3 Å². The summed E-state index contributed by atoms with van der Waals surface area (Å²) in [6.45, 7) is 0.946. The highest BCUT2D eigenvalue weighted by Gasteiger charge is 2.27. The summed E-state index contributed by atoms with van der Waals surface area (Å²) in [6.07, 6.45) is 0.207. The smallest absolute Gasteiger partial charge is 0.276 e. The van der Waals surface area contributed by atoms with Crippen molar-refractivity contribution in [2.45, 2.75) is 12.5 Å². The van der Waals surface area contributed by atoms with E-state index in [1.807, 2.05) is 17.5 Å². The van der Waals surface area contributed by atoms with Crippen molar-refractivity contribution in [2.24, 2.45) is 0 Å². The largest absolute Gasteiger partial charge is 0.391 e. The molecule has 1 atom stereocenters. The van der Waals surface area contributed by atoms with Gasteiger partial charge >= 0.3 is 0 Å². The molecule has 1 N–H and O–H groups in total. The van der Waals surface area contributed by atoms with Crippen LogP contribution in [0.2, 0.25) is 0 Å². The Labute approximate surface area is 108 Å². The summed E-state index contributed by atoms with van der Waals surface area (Å²) in [6, 6.07) is 5.48. The first-order valence-corrected chi connectivity index (χ1v) is 6.60. The number of amides is 1. The van der Waals surface area contributed by atoms with Gasteiger partial charge in [0.2, 0.25) is 0 Å². The molecular formula is C12H12N2O3S. The molecule has 0 spiro atoms. The number of aliphatic hydroxyl groups excluding tert-OH is 1. The van der Waals surface area contributed by atoms with Crippen LogP contribution in [-0.2, 0) is 0 Å². The second kappa shape index (κ2) is 4.55. The molecule has 3 heterocycles. The SMILES string of the molecule is O=C(c1cc(-c2cccs2)on1)N1CC[C@H](O)C1. The monoisotopic (exact) mass is 264 g/mol. The van der Waals surface area contributed by atoms with Gasteiger partial charge in [-0.1, -0.05) is 11.2 Å². The van der Waals surface area contributed by atoms with Crippen LogP contribution in [0.15, 0.2) is 28.1 Å². The maximum atomic E-state index is 12.1. The van der Waals surface area contributed by atoms with E-state index in [1.54, 1.807) is 11.0 Å². The van der Waals surface area contributed by atoms with Crippen molar-refractivity contribution in [3.63, 3.8) is 0 Å². The maximum absolute atomic E-state index is 12.1. The lowest BCUT2D eigenvalue weighted by Gasteiger charge is -2.12. The van der Waals surface area contributed by atoms with E-state index in [4.69, 9.17) is 4.52 Å². The zero-order valence-electron chi connectivity index (χ0n) is 9.57. The fourth-order valence-electron chi connectivity index (χ4n) is 2.00. The number of β-amino-alcohol motifs (C(OH)–C–C–N with tert-alkyl or cyclic N) is 1. The Hall–Kier alpha value is -1.66. The highest BCUT2D eigenvalue weighted by atomic mass is 32.1. The second-order valence-corrected chi connectivity index (χ2v) is 5.20. The zero-order valence-corrected chi connectivity index (χ0v) is 10.4. The van der Waals surface area contributed by atoms with Gasteiger partial charge in [0.05, 0.1) is 11.0 Å². The summed E-state index contributed by atoms with van der Waals surface area (Å²) in [7, 11) is 0. The molecule has 6 heteroatoms. The maximum Gasteiger partial charge on any atom is 0.276 e. The Kier molecular flexibility index (Phi) is 2.89. The Morgan fingerprint density at radius 2 is 2.50 bits per heavy atom. The molecule has 2 aromatic heterocycles. The second-order valence-electron chi connectivity index (χ2n) is 4.25. The van der Waals surface area contributed by atoms with Crippen molar-refractivity contribution in [1.82, 2.24) is 10.1 Å². The molecule has 0 saturated carbocycles. The summed E-state index contributed by atoms with van der Waals surface area (Å²) >= 11 is 1.54. The number of hydrogen-bond donors (Lipinski definition) is 1. The number of thiophene rings is 1. The number of likely N-dealkylation sites (tertiary alicyclic amines) is 1. The van der Waals surface area contributed by atoms with E-state index < -0.39 is 6.10 Å². The molecule has 1 fully saturated rings. The lowest BCUT2D eigenvalue weighted by atomic mass is 10.3. The third-order valence-corrected chi connectivity index (χ3v) is 3.83. The summed E-state index contributed by atoms with van der Waals surface area (Å²) < 4.78 is 5.17. The highest BCUT2D eigenvalue weighted by Crippen LogP contribution is 2.25. The fraction of sp³-hybridized carbons (Fsp3) is 0.333. The molecule has 1 aliphatic heterocycles. The van der Waals surface area contributed by atoms with Crippen LogP contribution < -0.4 is 0 Å². The van der Waals surface area contributed by atoms with Crippen molar-refractivity contribution in [1.29, 1.82) is 0 Å². The van der Waals surface area contributed by atoms with E-state index in [0.29, 0.717) is 31.0 Å². The van der Waals surface area contributed by atoms with Gasteiger partial charge in [-0.2, -0.15) is 0 Å². The van der Waals surface area contributed by atoms with Crippen molar-refractivity contribution < 1.29 is 14.4 Å². The lowest BCUT2D eigenvalue weighted by Crippen LogP contribution is -2.29. The van der Waals surface area contributed by atoms with Gasteiger partial charge in [0.25, 0.3) is 5.91 Å². The molecule has 0 bridgehead atoms. The van der Waals surface area contributed by atoms with Crippen molar-refractivity contribution in [3.05, 3.63) is 29.3 Å². The molecule has 0 unspecified atom stereocenters.